The van der Waals surface area contributed by atoms with Crippen LogP contribution in [-0.2, 0) is 4.79 Å². The normalized spacial score (nSPS) is 57.6. The fourth-order valence-corrected chi connectivity index (χ4v) is 3.70. The number of aliphatic carboxylic acids is 1. The molecule has 3 aliphatic rings. The smallest absolute Gasteiger partial charge is 0.309 e. The molecule has 60 valence electrons. The van der Waals surface area contributed by atoms with E-state index in [1.165, 1.54) is 6.42 Å². The number of carboxylic acid groups (broad SMARTS) is 1. The molecule has 2 heteroatoms. The highest BCUT2D eigenvalue weighted by Gasteiger charge is 2.64. The Labute approximate surface area is 65.6 Å². The van der Waals surface area contributed by atoms with Gasteiger partial charge in [-0.3, -0.25) is 4.79 Å². The van der Waals surface area contributed by atoms with Gasteiger partial charge in [-0.1, -0.05) is 0 Å². The van der Waals surface area contributed by atoms with Crippen LogP contribution in [0.25, 0.3) is 0 Å². The number of carboxylic acids is 1. The first-order valence-electron chi connectivity index (χ1n) is 4.45. The molecule has 3 saturated carbocycles. The quantitative estimate of drug-likeness (QED) is 0.618. The Morgan fingerprint density at radius 3 is 2.18 bits per heavy atom. The van der Waals surface area contributed by atoms with E-state index in [-0.39, 0.29) is 5.41 Å². The number of fused-ring (bicyclic) bond motifs is 1. The van der Waals surface area contributed by atoms with Crippen molar-refractivity contribution in [2.45, 2.75) is 25.7 Å². The summed E-state index contributed by atoms with van der Waals surface area (Å²) in [5.74, 6) is 1.88. The van der Waals surface area contributed by atoms with Crippen LogP contribution in [0.3, 0.4) is 0 Å². The Hall–Kier alpha value is -0.530. The Morgan fingerprint density at radius 1 is 1.27 bits per heavy atom. The molecule has 3 fully saturated rings. The Kier molecular flexibility index (Phi) is 0.809. The standard InChI is InChI=1S/C9H12O2/c10-8(11)9-2-5-1-6(3-9)7(5)4-9/h5-7H,1-4H2,(H,10,11). The van der Waals surface area contributed by atoms with Gasteiger partial charge in [-0.15, -0.1) is 0 Å². The number of hydrogen-bond donors (Lipinski definition) is 1. The fourth-order valence-electron chi connectivity index (χ4n) is 3.70. The minimum atomic E-state index is -0.521. The van der Waals surface area contributed by atoms with Crippen LogP contribution in [0, 0.1) is 23.2 Å². The van der Waals surface area contributed by atoms with E-state index < -0.39 is 5.97 Å². The summed E-state index contributed by atoms with van der Waals surface area (Å²) in [5, 5.41) is 9.03. The summed E-state index contributed by atoms with van der Waals surface area (Å²) in [6.07, 6.45) is 4.31. The molecule has 2 atom stereocenters. The highest BCUT2D eigenvalue weighted by molar-refractivity contribution is 5.76. The zero-order chi connectivity index (χ0) is 7.64. The van der Waals surface area contributed by atoms with E-state index in [0.717, 1.165) is 37.0 Å². The predicted molar refractivity (Wildman–Crippen MR) is 39.0 cm³/mol. The van der Waals surface area contributed by atoms with Crippen LogP contribution in [0.5, 0.6) is 0 Å². The molecule has 0 aromatic rings. The van der Waals surface area contributed by atoms with E-state index in [1.807, 2.05) is 0 Å². The van der Waals surface area contributed by atoms with Crippen molar-refractivity contribution in [2.75, 3.05) is 0 Å². The maximum Gasteiger partial charge on any atom is 0.309 e. The van der Waals surface area contributed by atoms with Gasteiger partial charge in [-0.2, -0.15) is 0 Å². The summed E-state index contributed by atoms with van der Waals surface area (Å²) < 4.78 is 0. The number of rotatable bonds is 1. The van der Waals surface area contributed by atoms with Gasteiger partial charge in [0.1, 0.15) is 0 Å². The summed E-state index contributed by atoms with van der Waals surface area (Å²) >= 11 is 0. The van der Waals surface area contributed by atoms with Crippen molar-refractivity contribution in [1.82, 2.24) is 0 Å². The molecule has 2 bridgehead atoms. The maximum atomic E-state index is 10.9. The Balaban J connectivity index is 1.98. The molecule has 0 spiro atoms. The maximum absolute atomic E-state index is 10.9. The summed E-state index contributed by atoms with van der Waals surface area (Å²) in [6, 6.07) is 0. The zero-order valence-corrected chi connectivity index (χ0v) is 6.42. The minimum absolute atomic E-state index is 0.252. The van der Waals surface area contributed by atoms with Crippen LogP contribution in [0.4, 0.5) is 0 Å². The largest absolute Gasteiger partial charge is 0.481 e. The van der Waals surface area contributed by atoms with Crippen LogP contribution in [0.15, 0.2) is 0 Å². The second-order valence-corrected chi connectivity index (χ2v) is 4.62. The third kappa shape index (κ3) is 0.501. The third-order valence-corrected chi connectivity index (χ3v) is 4.20. The molecule has 0 saturated heterocycles. The Bertz CT molecular complexity index is 216. The van der Waals surface area contributed by atoms with Crippen molar-refractivity contribution >= 4 is 5.97 Å². The van der Waals surface area contributed by atoms with Crippen LogP contribution in [0.1, 0.15) is 25.7 Å². The summed E-state index contributed by atoms with van der Waals surface area (Å²) in [6.45, 7) is 0. The molecule has 2 nitrogen and oxygen atoms in total. The molecule has 0 aliphatic heterocycles. The lowest BCUT2D eigenvalue weighted by atomic mass is 9.61. The van der Waals surface area contributed by atoms with Crippen LogP contribution in [-0.4, -0.2) is 11.1 Å². The second-order valence-electron chi connectivity index (χ2n) is 4.62. The molecule has 2 unspecified atom stereocenters. The van der Waals surface area contributed by atoms with Crippen molar-refractivity contribution in [3.05, 3.63) is 0 Å². The number of hydrogen-bond acceptors (Lipinski definition) is 1. The lowest BCUT2D eigenvalue weighted by Gasteiger charge is -2.43. The molecule has 1 N–H and O–H groups in total. The van der Waals surface area contributed by atoms with Gasteiger partial charge in [0, 0.05) is 0 Å². The molecule has 3 aliphatic carbocycles. The zero-order valence-electron chi connectivity index (χ0n) is 6.42. The molecule has 0 heterocycles. The highest BCUT2D eigenvalue weighted by Crippen LogP contribution is 2.69. The van der Waals surface area contributed by atoms with Crippen molar-refractivity contribution < 1.29 is 9.90 Å². The third-order valence-electron chi connectivity index (χ3n) is 4.20. The monoisotopic (exact) mass is 152 g/mol. The molecule has 0 radical (unpaired) electrons. The highest BCUT2D eigenvalue weighted by atomic mass is 16.4. The molecule has 3 rings (SSSR count). The Morgan fingerprint density at radius 2 is 1.91 bits per heavy atom. The molecular weight excluding hydrogens is 140 g/mol. The van der Waals surface area contributed by atoms with Crippen LogP contribution in [0.2, 0.25) is 0 Å². The first-order valence-corrected chi connectivity index (χ1v) is 4.45. The predicted octanol–water partition coefficient (Wildman–Crippen LogP) is 1.51. The van der Waals surface area contributed by atoms with E-state index in [0.29, 0.717) is 0 Å². The van der Waals surface area contributed by atoms with Crippen molar-refractivity contribution in [2.24, 2.45) is 23.2 Å². The lowest BCUT2D eigenvalue weighted by molar-refractivity contribution is -0.150. The van der Waals surface area contributed by atoms with E-state index in [4.69, 9.17) is 5.11 Å². The van der Waals surface area contributed by atoms with Gasteiger partial charge in [-0.25, -0.2) is 0 Å². The first kappa shape index (κ1) is 6.04. The average Bonchev–Trinajstić information content (AvgIpc) is 2.41. The van der Waals surface area contributed by atoms with Gasteiger partial charge in [0.15, 0.2) is 0 Å². The van der Waals surface area contributed by atoms with Crippen molar-refractivity contribution in [3.8, 4) is 0 Å². The minimum Gasteiger partial charge on any atom is -0.481 e. The molecule has 0 amide bonds. The van der Waals surface area contributed by atoms with Gasteiger partial charge in [0.25, 0.3) is 0 Å². The topological polar surface area (TPSA) is 37.3 Å². The SMILES string of the molecule is O=C(O)C12CC3CC(C1)C3C2. The summed E-state index contributed by atoms with van der Waals surface area (Å²) in [5.41, 5.74) is -0.252. The van der Waals surface area contributed by atoms with E-state index in [2.05, 4.69) is 0 Å². The van der Waals surface area contributed by atoms with Gasteiger partial charge in [0.2, 0.25) is 0 Å². The van der Waals surface area contributed by atoms with Crippen molar-refractivity contribution in [1.29, 1.82) is 0 Å². The first-order chi connectivity index (χ1) is 5.21. The van der Waals surface area contributed by atoms with Gasteiger partial charge in [-0.05, 0) is 43.4 Å². The van der Waals surface area contributed by atoms with E-state index >= 15 is 0 Å². The second kappa shape index (κ2) is 1.47. The lowest BCUT2D eigenvalue weighted by Crippen LogP contribution is -2.38. The van der Waals surface area contributed by atoms with Gasteiger partial charge < -0.3 is 5.11 Å². The summed E-state index contributed by atoms with van der Waals surface area (Å²) in [7, 11) is 0. The van der Waals surface area contributed by atoms with E-state index in [1.54, 1.807) is 0 Å². The average molecular weight is 152 g/mol. The van der Waals surface area contributed by atoms with Crippen LogP contribution >= 0.6 is 0 Å². The number of carbonyl (C=O) groups is 1. The van der Waals surface area contributed by atoms with E-state index in [9.17, 15) is 4.79 Å². The van der Waals surface area contributed by atoms with Gasteiger partial charge in [0.05, 0.1) is 5.41 Å². The van der Waals surface area contributed by atoms with Gasteiger partial charge >= 0.3 is 5.97 Å². The molecule has 0 aromatic heterocycles. The summed E-state index contributed by atoms with van der Waals surface area (Å²) in [4.78, 5) is 10.9. The molecule has 11 heavy (non-hydrogen) atoms. The van der Waals surface area contributed by atoms with Crippen molar-refractivity contribution in [3.63, 3.8) is 0 Å². The molecular formula is C9H12O2. The molecule has 0 aromatic carbocycles. The van der Waals surface area contributed by atoms with Crippen LogP contribution < -0.4 is 0 Å². The fraction of sp³-hybridized carbons (Fsp3) is 0.889.